The Balaban J connectivity index is 2.19. The molecule has 1 aromatic rings. The number of hydrogen-bond acceptors (Lipinski definition) is 11. The fourth-order valence-corrected chi connectivity index (χ4v) is 3.56. The highest BCUT2D eigenvalue weighted by molar-refractivity contribution is 7.85. The number of carboxylic acids is 1. The van der Waals surface area contributed by atoms with E-state index in [4.69, 9.17) is 10.8 Å². The van der Waals surface area contributed by atoms with E-state index < -0.39 is 45.8 Å². The molecule has 0 aliphatic carbocycles. The second kappa shape index (κ2) is 7.81. The molecular weight excluding hydrogens is 416 g/mol. The van der Waals surface area contributed by atoms with Crippen molar-refractivity contribution in [1.82, 2.24) is 10.0 Å². The van der Waals surface area contributed by atoms with Crippen LogP contribution in [0.2, 0.25) is 0 Å². The minimum Gasteiger partial charge on any atom is -0.479 e. The topological polar surface area (TPSA) is 179 Å². The number of aliphatic carboxylic acids is 1. The summed E-state index contributed by atoms with van der Waals surface area (Å²) in [6.45, 7) is 2.30. The lowest BCUT2D eigenvalue weighted by Gasteiger charge is -2.51. The average molecular weight is 434 g/mol. The van der Waals surface area contributed by atoms with Crippen LogP contribution in [0.15, 0.2) is 10.5 Å². The molecule has 28 heavy (non-hydrogen) atoms. The predicted octanol–water partition coefficient (Wildman–Crippen LogP) is -0.382. The van der Waals surface area contributed by atoms with E-state index in [9.17, 15) is 22.8 Å². The van der Waals surface area contributed by atoms with Crippen molar-refractivity contribution in [2.45, 2.75) is 25.8 Å². The van der Waals surface area contributed by atoms with Crippen LogP contribution in [0.3, 0.4) is 0 Å². The monoisotopic (exact) mass is 434 g/mol. The van der Waals surface area contributed by atoms with Crippen molar-refractivity contribution >= 4 is 50.0 Å². The zero-order valence-electron chi connectivity index (χ0n) is 15.1. The Bertz CT molecular complexity index is 937. The molecule has 3 N–H and O–H groups in total. The number of oxime groups is 1. The van der Waals surface area contributed by atoms with Gasteiger partial charge in [0.25, 0.3) is 16.0 Å². The van der Waals surface area contributed by atoms with Crippen molar-refractivity contribution in [3.05, 3.63) is 11.1 Å². The summed E-state index contributed by atoms with van der Waals surface area (Å²) in [4.78, 5) is 44.1. The molecule has 2 heterocycles. The van der Waals surface area contributed by atoms with Gasteiger partial charge in [-0.2, -0.15) is 13.5 Å². The summed E-state index contributed by atoms with van der Waals surface area (Å²) in [6.07, 6.45) is 0.453. The van der Waals surface area contributed by atoms with E-state index in [-0.39, 0.29) is 23.0 Å². The van der Waals surface area contributed by atoms with E-state index in [1.807, 2.05) is 0 Å². The molecule has 1 amide bonds. The predicted molar refractivity (Wildman–Crippen MR) is 96.6 cm³/mol. The molecule has 14 heteroatoms. The van der Waals surface area contributed by atoms with Crippen molar-refractivity contribution in [3.63, 3.8) is 0 Å². The highest BCUT2D eigenvalue weighted by Crippen LogP contribution is 2.40. The average Bonchev–Trinajstić information content (AvgIpc) is 2.98. The second-order valence-corrected chi connectivity index (χ2v) is 8.87. The zero-order valence-corrected chi connectivity index (χ0v) is 16.7. The maximum atomic E-state index is 12.7. The molecular formula is C14H18N4O8S2. The summed E-state index contributed by atoms with van der Waals surface area (Å²) in [6, 6.07) is 0. The molecule has 1 aliphatic heterocycles. The zero-order chi connectivity index (χ0) is 21.3. The Labute approximate surface area is 164 Å². The van der Waals surface area contributed by atoms with Crippen molar-refractivity contribution < 1.29 is 37.0 Å². The first-order chi connectivity index (χ1) is 12.8. The van der Waals surface area contributed by atoms with Gasteiger partial charge >= 0.3 is 5.97 Å². The number of aromatic nitrogens is 1. The molecule has 154 valence electrons. The van der Waals surface area contributed by atoms with Gasteiger partial charge in [0.2, 0.25) is 6.61 Å². The van der Waals surface area contributed by atoms with Crippen LogP contribution in [-0.4, -0.2) is 65.3 Å². The second-order valence-electron chi connectivity index (χ2n) is 6.42. The van der Waals surface area contributed by atoms with E-state index in [1.54, 1.807) is 0 Å². The molecule has 0 bridgehead atoms. The number of rotatable bonds is 9. The number of nitrogens with two attached hydrogens (primary N) is 1. The van der Waals surface area contributed by atoms with Crippen LogP contribution in [0.5, 0.6) is 0 Å². The molecule has 0 aromatic carbocycles. The largest absolute Gasteiger partial charge is 0.479 e. The molecule has 0 saturated carbocycles. The van der Waals surface area contributed by atoms with Crippen LogP contribution in [0.25, 0.3) is 0 Å². The van der Waals surface area contributed by atoms with Gasteiger partial charge in [0.15, 0.2) is 16.6 Å². The Morgan fingerprint density at radius 2 is 2.11 bits per heavy atom. The number of thiazole rings is 1. The Morgan fingerprint density at radius 1 is 1.46 bits per heavy atom. The number of carbonyl (C=O) groups is 3. The fraction of sp³-hybridized carbons (Fsp3) is 0.500. The number of amides is 1. The van der Waals surface area contributed by atoms with Crippen molar-refractivity contribution in [1.29, 1.82) is 0 Å². The molecule has 12 nitrogen and oxygen atoms in total. The van der Waals surface area contributed by atoms with E-state index in [1.165, 1.54) is 19.2 Å². The molecule has 1 aromatic heterocycles. The summed E-state index contributed by atoms with van der Waals surface area (Å²) < 4.78 is 27.2. The van der Waals surface area contributed by atoms with Crippen molar-refractivity contribution in [2.75, 3.05) is 18.6 Å². The van der Waals surface area contributed by atoms with Gasteiger partial charge in [-0.05, 0) is 13.8 Å². The first-order valence-corrected chi connectivity index (χ1v) is 10.4. The van der Waals surface area contributed by atoms with E-state index in [2.05, 4.69) is 19.3 Å². The van der Waals surface area contributed by atoms with Crippen LogP contribution in [0.1, 0.15) is 26.0 Å². The smallest absolute Gasteiger partial charge is 0.344 e. The first kappa shape index (κ1) is 21.7. The minimum atomic E-state index is -3.92. The van der Waals surface area contributed by atoms with E-state index >= 15 is 0 Å². The highest BCUT2D eigenvalue weighted by Gasteiger charge is 2.57. The van der Waals surface area contributed by atoms with Crippen LogP contribution in [0, 0.1) is 5.92 Å². The number of nitrogen functional groups attached to an aromatic ring is 1. The quantitative estimate of drug-likeness (QED) is 0.295. The Hall–Kier alpha value is -2.58. The van der Waals surface area contributed by atoms with Crippen LogP contribution in [0.4, 0.5) is 5.13 Å². The number of anilines is 1. The summed E-state index contributed by atoms with van der Waals surface area (Å²) in [5.74, 6) is -3.52. The van der Waals surface area contributed by atoms with Crippen LogP contribution in [-0.2, 0) is 33.6 Å². The molecule has 1 atom stereocenters. The molecule has 1 aliphatic rings. The van der Waals surface area contributed by atoms with Gasteiger partial charge < -0.3 is 15.7 Å². The third-order valence-electron chi connectivity index (χ3n) is 3.85. The highest BCUT2D eigenvalue weighted by atomic mass is 32.2. The number of nitrogens with zero attached hydrogens (tertiary/aromatic N) is 3. The Morgan fingerprint density at radius 3 is 2.57 bits per heavy atom. The Kier molecular flexibility index (Phi) is 6.06. The lowest BCUT2D eigenvalue weighted by molar-refractivity contribution is -0.226. The van der Waals surface area contributed by atoms with Gasteiger partial charge in [-0.15, -0.1) is 15.6 Å². The van der Waals surface area contributed by atoms with Gasteiger partial charge in [0.1, 0.15) is 5.69 Å². The summed E-state index contributed by atoms with van der Waals surface area (Å²) in [5.41, 5.74) is 4.25. The number of carboxylic acid groups (broad SMARTS) is 1. The number of β-lactam (4-membered cyclic amide) rings is 1. The molecule has 0 radical (unpaired) electrons. The molecule has 1 fully saturated rings. The standard InChI is InChI=1S/C14H18N4O8S2/c1-14(2)7(12(22)18(14)26-28(3,23)24)4-9(19)11(17-25-5-10(20)21)8-6-27-13(15)16-8/h6-7H,4-5H2,1-3H3,(H2,15,16)(H,20,21)/b17-11-/t7-/m1/s1. The van der Waals surface area contributed by atoms with Gasteiger partial charge in [-0.1, -0.05) is 5.16 Å². The van der Waals surface area contributed by atoms with Crippen molar-refractivity contribution in [2.24, 2.45) is 11.1 Å². The van der Waals surface area contributed by atoms with Crippen LogP contribution < -0.4 is 5.73 Å². The van der Waals surface area contributed by atoms with Gasteiger partial charge in [0.05, 0.1) is 17.7 Å². The molecule has 0 spiro atoms. The SMILES string of the molecule is CC1(C)[C@H](CC(=O)/C(=N\OCC(=O)O)c2csc(N)n2)C(=O)N1OS(C)(=O)=O. The summed E-state index contributed by atoms with van der Waals surface area (Å²) in [5, 5.41) is 14.4. The summed E-state index contributed by atoms with van der Waals surface area (Å²) in [7, 11) is -3.92. The number of hydrogen-bond donors (Lipinski definition) is 2. The normalized spacial score (nSPS) is 19.2. The number of hydroxylamine groups is 2. The van der Waals surface area contributed by atoms with Crippen LogP contribution >= 0.6 is 11.3 Å². The third kappa shape index (κ3) is 4.82. The molecule has 2 rings (SSSR count). The number of carbonyl (C=O) groups excluding carboxylic acids is 2. The fourth-order valence-electron chi connectivity index (χ4n) is 2.48. The molecule has 1 saturated heterocycles. The maximum Gasteiger partial charge on any atom is 0.344 e. The van der Waals surface area contributed by atoms with E-state index in [0.717, 1.165) is 17.6 Å². The first-order valence-electron chi connectivity index (χ1n) is 7.73. The number of Topliss-reactive ketones (excluding diaryl/α,β-unsaturated/α-hetero) is 1. The lowest BCUT2D eigenvalue weighted by atomic mass is 9.74. The minimum absolute atomic E-state index is 0.0757. The van der Waals surface area contributed by atoms with E-state index in [0.29, 0.717) is 5.06 Å². The lowest BCUT2D eigenvalue weighted by Crippen LogP contribution is -2.68. The summed E-state index contributed by atoms with van der Waals surface area (Å²) >= 11 is 1.04. The van der Waals surface area contributed by atoms with Gasteiger partial charge in [-0.25, -0.2) is 9.78 Å². The molecule has 0 unspecified atom stereocenters. The number of ketones is 1. The maximum absolute atomic E-state index is 12.7. The van der Waals surface area contributed by atoms with Gasteiger partial charge in [0, 0.05) is 11.8 Å². The van der Waals surface area contributed by atoms with Crippen molar-refractivity contribution in [3.8, 4) is 0 Å². The third-order valence-corrected chi connectivity index (χ3v) is 4.94. The van der Waals surface area contributed by atoms with Gasteiger partial charge in [-0.3, -0.25) is 9.59 Å².